The monoisotopic (exact) mass is 322 g/mol. The van der Waals surface area contributed by atoms with Gasteiger partial charge in [0, 0.05) is 37.3 Å². The van der Waals surface area contributed by atoms with Crippen molar-refractivity contribution in [3.05, 3.63) is 48.3 Å². The number of fused-ring (bicyclic) bond motifs is 1. The Morgan fingerprint density at radius 2 is 2.12 bits per heavy atom. The number of anilines is 1. The van der Waals surface area contributed by atoms with Crippen molar-refractivity contribution >= 4 is 5.95 Å². The van der Waals surface area contributed by atoms with Crippen LogP contribution in [0.25, 0.3) is 0 Å². The van der Waals surface area contributed by atoms with Crippen molar-refractivity contribution in [2.45, 2.75) is 6.10 Å². The lowest BCUT2D eigenvalue weighted by molar-refractivity contribution is 0.108. The summed E-state index contributed by atoms with van der Waals surface area (Å²) in [4.78, 5) is 10.8. The standard InChI is InChI=1S/C18H18N4O2/c19-8-13-3-1-4-15(7-13)23-11-14-12-24-17-10-22(9-16(14)17)18-20-5-2-6-21-18/h1-7,14,16-17H,9-12H2/t14-,16+,17+/m1/s1. The van der Waals surface area contributed by atoms with Crippen LogP contribution in [0.1, 0.15) is 5.56 Å². The average molecular weight is 322 g/mol. The van der Waals surface area contributed by atoms with Gasteiger partial charge in [0.1, 0.15) is 5.75 Å². The zero-order chi connectivity index (χ0) is 16.4. The first-order valence-electron chi connectivity index (χ1n) is 8.10. The van der Waals surface area contributed by atoms with E-state index in [9.17, 15) is 0 Å². The molecule has 2 saturated heterocycles. The number of nitrogens with zero attached hydrogens (tertiary/aromatic N) is 4. The van der Waals surface area contributed by atoms with Crippen LogP contribution in [0.2, 0.25) is 0 Å². The Bertz CT molecular complexity index is 746. The third kappa shape index (κ3) is 2.91. The van der Waals surface area contributed by atoms with E-state index in [4.69, 9.17) is 14.7 Å². The molecule has 24 heavy (non-hydrogen) atoms. The second-order valence-electron chi connectivity index (χ2n) is 6.20. The minimum atomic E-state index is 0.216. The SMILES string of the molecule is N#Cc1cccc(OC[C@@H]2CO[C@H]3CN(c4ncccn4)C[C@@H]23)c1. The molecule has 6 nitrogen and oxygen atoms in total. The Balaban J connectivity index is 1.38. The van der Waals surface area contributed by atoms with E-state index in [1.807, 2.05) is 18.2 Å². The topological polar surface area (TPSA) is 71.3 Å². The Kier molecular flexibility index (Phi) is 4.01. The van der Waals surface area contributed by atoms with Crippen LogP contribution in [0, 0.1) is 23.2 Å². The fourth-order valence-corrected chi connectivity index (χ4v) is 3.45. The molecule has 1 aromatic carbocycles. The predicted molar refractivity (Wildman–Crippen MR) is 87.6 cm³/mol. The second kappa shape index (κ2) is 6.46. The molecule has 0 spiro atoms. The summed E-state index contributed by atoms with van der Waals surface area (Å²) in [5.74, 6) is 2.26. The summed E-state index contributed by atoms with van der Waals surface area (Å²) in [6.07, 6.45) is 3.74. The molecule has 0 saturated carbocycles. The van der Waals surface area contributed by atoms with Crippen LogP contribution < -0.4 is 9.64 Å². The van der Waals surface area contributed by atoms with E-state index < -0.39 is 0 Å². The van der Waals surface area contributed by atoms with Gasteiger partial charge in [0.25, 0.3) is 0 Å². The molecule has 1 aromatic heterocycles. The highest BCUT2D eigenvalue weighted by Crippen LogP contribution is 2.35. The molecule has 0 aliphatic carbocycles. The highest BCUT2D eigenvalue weighted by atomic mass is 16.5. The average Bonchev–Trinajstić information content (AvgIpc) is 3.22. The summed E-state index contributed by atoms with van der Waals surface area (Å²) in [7, 11) is 0. The van der Waals surface area contributed by atoms with Gasteiger partial charge < -0.3 is 14.4 Å². The molecule has 2 aliphatic rings. The lowest BCUT2D eigenvalue weighted by atomic mass is 9.94. The number of hydrogen-bond donors (Lipinski definition) is 0. The number of nitriles is 1. The van der Waals surface area contributed by atoms with Gasteiger partial charge in [-0.05, 0) is 24.3 Å². The molecular formula is C18H18N4O2. The second-order valence-corrected chi connectivity index (χ2v) is 6.20. The van der Waals surface area contributed by atoms with Crippen molar-refractivity contribution in [3.63, 3.8) is 0 Å². The molecule has 0 unspecified atom stereocenters. The van der Waals surface area contributed by atoms with Crippen LogP contribution >= 0.6 is 0 Å². The van der Waals surface area contributed by atoms with E-state index in [1.165, 1.54) is 0 Å². The number of aromatic nitrogens is 2. The molecule has 0 bridgehead atoms. The molecule has 0 amide bonds. The van der Waals surface area contributed by atoms with Crippen molar-refractivity contribution in [1.29, 1.82) is 5.26 Å². The maximum Gasteiger partial charge on any atom is 0.225 e. The van der Waals surface area contributed by atoms with Crippen molar-refractivity contribution in [1.82, 2.24) is 9.97 Å². The molecule has 0 radical (unpaired) electrons. The number of ether oxygens (including phenoxy) is 2. The molecule has 2 fully saturated rings. The first kappa shape index (κ1) is 14.9. The van der Waals surface area contributed by atoms with E-state index >= 15 is 0 Å². The van der Waals surface area contributed by atoms with Gasteiger partial charge in [-0.3, -0.25) is 0 Å². The third-order valence-corrected chi connectivity index (χ3v) is 4.70. The number of hydrogen-bond acceptors (Lipinski definition) is 6. The normalized spacial score (nSPS) is 25.3. The molecule has 122 valence electrons. The van der Waals surface area contributed by atoms with Gasteiger partial charge in [-0.1, -0.05) is 6.07 Å². The van der Waals surface area contributed by atoms with Crippen molar-refractivity contribution < 1.29 is 9.47 Å². The smallest absolute Gasteiger partial charge is 0.225 e. The Labute approximate surface area is 140 Å². The molecule has 2 aliphatic heterocycles. The first-order chi connectivity index (χ1) is 11.8. The van der Waals surface area contributed by atoms with Gasteiger partial charge in [-0.15, -0.1) is 0 Å². The van der Waals surface area contributed by atoms with Crippen molar-refractivity contribution in [2.75, 3.05) is 31.2 Å². The van der Waals surface area contributed by atoms with Crippen LogP contribution in [0.3, 0.4) is 0 Å². The zero-order valence-electron chi connectivity index (χ0n) is 13.2. The van der Waals surface area contributed by atoms with E-state index in [0.29, 0.717) is 24.0 Å². The van der Waals surface area contributed by atoms with Crippen LogP contribution in [-0.2, 0) is 4.74 Å². The lowest BCUT2D eigenvalue weighted by Crippen LogP contribution is -2.27. The van der Waals surface area contributed by atoms with Crippen LogP contribution in [0.5, 0.6) is 5.75 Å². The Hall–Kier alpha value is -2.65. The summed E-state index contributed by atoms with van der Waals surface area (Å²) in [5, 5.41) is 8.96. The summed E-state index contributed by atoms with van der Waals surface area (Å²) >= 11 is 0. The van der Waals surface area contributed by atoms with Crippen LogP contribution in [0.4, 0.5) is 5.95 Å². The van der Waals surface area contributed by atoms with E-state index in [-0.39, 0.29) is 6.10 Å². The molecule has 4 rings (SSSR count). The van der Waals surface area contributed by atoms with Gasteiger partial charge in [0.15, 0.2) is 0 Å². The number of rotatable bonds is 4. The molecule has 6 heteroatoms. The quantitative estimate of drug-likeness (QED) is 0.856. The van der Waals surface area contributed by atoms with Crippen molar-refractivity contribution in [2.24, 2.45) is 11.8 Å². The van der Waals surface area contributed by atoms with Crippen LogP contribution in [0.15, 0.2) is 42.7 Å². The third-order valence-electron chi connectivity index (χ3n) is 4.70. The highest BCUT2D eigenvalue weighted by molar-refractivity contribution is 5.36. The van der Waals surface area contributed by atoms with Gasteiger partial charge in [0.05, 0.1) is 31.0 Å². The maximum atomic E-state index is 8.96. The highest BCUT2D eigenvalue weighted by Gasteiger charge is 2.44. The van der Waals surface area contributed by atoms with Gasteiger partial charge in [-0.2, -0.15) is 5.26 Å². The van der Waals surface area contributed by atoms with Crippen molar-refractivity contribution in [3.8, 4) is 11.8 Å². The molecular weight excluding hydrogens is 304 g/mol. The fourth-order valence-electron chi connectivity index (χ4n) is 3.45. The van der Waals surface area contributed by atoms with Gasteiger partial charge in [-0.25, -0.2) is 9.97 Å². The minimum absolute atomic E-state index is 0.216. The molecule has 0 N–H and O–H groups in total. The van der Waals surface area contributed by atoms with E-state index in [0.717, 1.165) is 31.4 Å². The largest absolute Gasteiger partial charge is 0.493 e. The lowest BCUT2D eigenvalue weighted by Gasteiger charge is -2.19. The number of benzene rings is 1. The minimum Gasteiger partial charge on any atom is -0.493 e. The Morgan fingerprint density at radius 1 is 1.25 bits per heavy atom. The summed E-state index contributed by atoms with van der Waals surface area (Å²) in [5.41, 5.74) is 0.612. The van der Waals surface area contributed by atoms with Gasteiger partial charge >= 0.3 is 0 Å². The summed E-state index contributed by atoms with van der Waals surface area (Å²) in [6.45, 7) is 3.03. The van der Waals surface area contributed by atoms with E-state index in [1.54, 1.807) is 24.5 Å². The first-order valence-corrected chi connectivity index (χ1v) is 8.10. The fraction of sp³-hybridized carbons (Fsp3) is 0.389. The summed E-state index contributed by atoms with van der Waals surface area (Å²) in [6, 6.07) is 11.2. The molecule has 2 aromatic rings. The van der Waals surface area contributed by atoms with Crippen LogP contribution in [-0.4, -0.2) is 42.4 Å². The predicted octanol–water partition coefficient (Wildman–Crippen LogP) is 1.88. The van der Waals surface area contributed by atoms with E-state index in [2.05, 4.69) is 20.9 Å². The Morgan fingerprint density at radius 3 is 2.96 bits per heavy atom. The molecule has 3 atom stereocenters. The maximum absolute atomic E-state index is 8.96. The van der Waals surface area contributed by atoms with Gasteiger partial charge in [0.2, 0.25) is 5.95 Å². The molecule has 3 heterocycles. The zero-order valence-corrected chi connectivity index (χ0v) is 13.2. The summed E-state index contributed by atoms with van der Waals surface area (Å²) < 4.78 is 11.8.